The highest BCUT2D eigenvalue weighted by Crippen LogP contribution is 2.23. The largest absolute Gasteiger partial charge is 0.349 e. The minimum atomic E-state index is -2.97. The highest BCUT2D eigenvalue weighted by Gasteiger charge is 2.39. The van der Waals surface area contributed by atoms with Gasteiger partial charge in [0, 0.05) is 0 Å². The van der Waals surface area contributed by atoms with Gasteiger partial charge in [0.15, 0.2) is 9.84 Å². The Bertz CT molecular complexity index is 441. The lowest BCUT2D eigenvalue weighted by molar-refractivity contribution is -0.124. The topological polar surface area (TPSA) is 66.5 Å². The van der Waals surface area contributed by atoms with E-state index in [1.165, 1.54) is 0 Å². The molecular weight excluding hydrogens is 264 g/mol. The maximum atomic E-state index is 12.0. The number of hydrogen-bond acceptors (Lipinski definition) is 4. The average Bonchev–Trinajstić information content (AvgIpc) is 2.56. The molecule has 0 aliphatic carbocycles. The first-order valence-corrected chi connectivity index (χ1v) is 8.84. The Morgan fingerprint density at radius 1 is 1.37 bits per heavy atom. The molecule has 2 saturated heterocycles. The van der Waals surface area contributed by atoms with Gasteiger partial charge in [-0.05, 0) is 45.2 Å². The number of nitrogens with one attached hydrogen (secondary N) is 1. The van der Waals surface area contributed by atoms with Crippen LogP contribution >= 0.6 is 0 Å². The van der Waals surface area contributed by atoms with E-state index in [1.54, 1.807) is 0 Å². The lowest BCUT2D eigenvalue weighted by atomic mass is 9.99. The number of sulfone groups is 1. The molecule has 1 amide bonds. The van der Waals surface area contributed by atoms with Crippen molar-refractivity contribution in [2.75, 3.05) is 31.1 Å². The van der Waals surface area contributed by atoms with Gasteiger partial charge in [-0.2, -0.15) is 0 Å². The smallest absolute Gasteiger partial charge is 0.234 e. The van der Waals surface area contributed by atoms with Gasteiger partial charge in [-0.15, -0.1) is 0 Å². The van der Waals surface area contributed by atoms with Crippen molar-refractivity contribution in [2.45, 2.75) is 38.6 Å². The monoisotopic (exact) mass is 288 g/mol. The van der Waals surface area contributed by atoms with Crippen LogP contribution in [0, 0.1) is 5.92 Å². The van der Waals surface area contributed by atoms with Gasteiger partial charge in [0.2, 0.25) is 5.91 Å². The molecule has 0 radical (unpaired) electrons. The molecule has 19 heavy (non-hydrogen) atoms. The molecular formula is C13H24N2O3S. The van der Waals surface area contributed by atoms with Gasteiger partial charge in [-0.1, -0.05) is 6.92 Å². The predicted molar refractivity (Wildman–Crippen MR) is 74.7 cm³/mol. The fraction of sp³-hybridized carbons (Fsp3) is 0.923. The Morgan fingerprint density at radius 2 is 2.00 bits per heavy atom. The van der Waals surface area contributed by atoms with Crippen LogP contribution in [0.2, 0.25) is 0 Å². The van der Waals surface area contributed by atoms with Gasteiger partial charge in [-0.3, -0.25) is 9.69 Å². The molecule has 2 rings (SSSR count). The van der Waals surface area contributed by atoms with Crippen molar-refractivity contribution >= 4 is 15.7 Å². The summed E-state index contributed by atoms with van der Waals surface area (Å²) in [5, 5.41) is 2.91. The van der Waals surface area contributed by atoms with Crippen molar-refractivity contribution in [1.29, 1.82) is 0 Å². The van der Waals surface area contributed by atoms with E-state index >= 15 is 0 Å². The number of amides is 1. The molecule has 0 aromatic carbocycles. The third-order valence-electron chi connectivity index (χ3n) is 4.19. The van der Waals surface area contributed by atoms with Gasteiger partial charge in [0.05, 0.1) is 23.6 Å². The molecule has 0 aromatic heterocycles. The van der Waals surface area contributed by atoms with E-state index in [0.29, 0.717) is 13.0 Å². The molecule has 5 nitrogen and oxygen atoms in total. The van der Waals surface area contributed by atoms with Crippen LogP contribution in [0.4, 0.5) is 0 Å². The van der Waals surface area contributed by atoms with Crippen molar-refractivity contribution in [2.24, 2.45) is 5.92 Å². The van der Waals surface area contributed by atoms with E-state index in [1.807, 2.05) is 6.92 Å². The SMILES string of the molecule is CC1CCN(CC(=O)N[C@@]2(C)CCS(=O)(=O)C2)CC1. The van der Waals surface area contributed by atoms with Crippen LogP contribution in [0.15, 0.2) is 0 Å². The fourth-order valence-corrected chi connectivity index (χ4v) is 5.00. The standard InChI is InChI=1S/C13H24N2O3S/c1-11-3-6-15(7-4-11)9-12(16)14-13(2)5-8-19(17,18)10-13/h11H,3-10H2,1-2H3,(H,14,16)/t13-/m0/s1. The highest BCUT2D eigenvalue weighted by atomic mass is 32.2. The summed E-state index contributed by atoms with van der Waals surface area (Å²) in [5.41, 5.74) is -0.570. The normalized spacial score (nSPS) is 32.3. The van der Waals surface area contributed by atoms with Gasteiger partial charge < -0.3 is 5.32 Å². The van der Waals surface area contributed by atoms with Gasteiger partial charge in [0.25, 0.3) is 0 Å². The highest BCUT2D eigenvalue weighted by molar-refractivity contribution is 7.91. The molecule has 2 aliphatic rings. The third-order valence-corrected chi connectivity index (χ3v) is 6.09. The van der Waals surface area contributed by atoms with E-state index in [2.05, 4.69) is 17.1 Å². The molecule has 2 fully saturated rings. The summed E-state index contributed by atoms with van der Waals surface area (Å²) in [4.78, 5) is 14.2. The van der Waals surface area contributed by atoms with E-state index < -0.39 is 15.4 Å². The molecule has 110 valence electrons. The second-order valence-electron chi connectivity index (χ2n) is 6.41. The Labute approximate surface area is 115 Å². The first-order valence-electron chi connectivity index (χ1n) is 7.02. The Morgan fingerprint density at radius 3 is 2.53 bits per heavy atom. The van der Waals surface area contributed by atoms with Crippen LogP contribution in [0.5, 0.6) is 0 Å². The second kappa shape index (κ2) is 5.40. The summed E-state index contributed by atoms with van der Waals surface area (Å²) in [6, 6.07) is 0. The van der Waals surface area contributed by atoms with E-state index in [0.717, 1.165) is 31.8 Å². The van der Waals surface area contributed by atoms with Crippen LogP contribution in [0.25, 0.3) is 0 Å². The minimum Gasteiger partial charge on any atom is -0.349 e. The average molecular weight is 288 g/mol. The maximum Gasteiger partial charge on any atom is 0.234 e. The molecule has 0 aromatic rings. The summed E-state index contributed by atoms with van der Waals surface area (Å²) in [6.07, 6.45) is 2.80. The number of hydrogen-bond donors (Lipinski definition) is 1. The molecule has 2 heterocycles. The van der Waals surface area contributed by atoms with E-state index in [9.17, 15) is 13.2 Å². The number of carbonyl (C=O) groups is 1. The lowest BCUT2D eigenvalue weighted by Gasteiger charge is -2.31. The first kappa shape index (κ1) is 14.8. The van der Waals surface area contributed by atoms with Crippen LogP contribution in [-0.2, 0) is 14.6 Å². The fourth-order valence-electron chi connectivity index (χ4n) is 2.91. The van der Waals surface area contributed by atoms with Gasteiger partial charge in [0.1, 0.15) is 0 Å². The lowest BCUT2D eigenvalue weighted by Crippen LogP contribution is -2.51. The van der Waals surface area contributed by atoms with Crippen LogP contribution in [-0.4, -0.2) is 55.9 Å². The third kappa shape index (κ3) is 4.18. The maximum absolute atomic E-state index is 12.0. The number of piperidine rings is 1. The van der Waals surface area contributed by atoms with Gasteiger partial charge >= 0.3 is 0 Å². The Balaban J connectivity index is 1.82. The molecule has 0 saturated carbocycles. The molecule has 0 spiro atoms. The number of likely N-dealkylation sites (tertiary alicyclic amines) is 1. The van der Waals surface area contributed by atoms with Crippen molar-refractivity contribution in [3.63, 3.8) is 0 Å². The van der Waals surface area contributed by atoms with Crippen LogP contribution in [0.3, 0.4) is 0 Å². The molecule has 2 aliphatic heterocycles. The number of carbonyl (C=O) groups excluding carboxylic acids is 1. The van der Waals surface area contributed by atoms with Crippen LogP contribution in [0.1, 0.15) is 33.1 Å². The molecule has 1 atom stereocenters. The second-order valence-corrected chi connectivity index (χ2v) is 8.59. The summed E-state index contributed by atoms with van der Waals surface area (Å²) < 4.78 is 23.0. The minimum absolute atomic E-state index is 0.0471. The van der Waals surface area contributed by atoms with E-state index in [4.69, 9.17) is 0 Å². The molecule has 6 heteroatoms. The molecule has 0 unspecified atom stereocenters. The molecule has 0 bridgehead atoms. The van der Waals surface area contributed by atoms with Crippen LogP contribution < -0.4 is 5.32 Å². The van der Waals surface area contributed by atoms with Gasteiger partial charge in [-0.25, -0.2) is 8.42 Å². The predicted octanol–water partition coefficient (Wildman–Crippen LogP) is 0.412. The Hall–Kier alpha value is -0.620. The van der Waals surface area contributed by atoms with Crippen molar-refractivity contribution in [3.8, 4) is 0 Å². The van der Waals surface area contributed by atoms with Crippen molar-refractivity contribution < 1.29 is 13.2 Å². The zero-order chi connectivity index (χ0) is 14.1. The first-order chi connectivity index (χ1) is 8.78. The van der Waals surface area contributed by atoms with E-state index in [-0.39, 0.29) is 17.4 Å². The summed E-state index contributed by atoms with van der Waals surface area (Å²) in [5.74, 6) is 0.958. The zero-order valence-corrected chi connectivity index (χ0v) is 12.6. The van der Waals surface area contributed by atoms with Crippen molar-refractivity contribution in [1.82, 2.24) is 10.2 Å². The molecule has 1 N–H and O–H groups in total. The Kier molecular flexibility index (Phi) is 4.20. The van der Waals surface area contributed by atoms with Crippen molar-refractivity contribution in [3.05, 3.63) is 0 Å². The number of rotatable bonds is 3. The summed E-state index contributed by atoms with van der Waals surface area (Å²) in [7, 11) is -2.97. The summed E-state index contributed by atoms with van der Waals surface area (Å²) in [6.45, 7) is 6.38. The number of nitrogens with zero attached hydrogens (tertiary/aromatic N) is 1. The quantitative estimate of drug-likeness (QED) is 0.817. The summed E-state index contributed by atoms with van der Waals surface area (Å²) >= 11 is 0. The zero-order valence-electron chi connectivity index (χ0n) is 11.8.